The summed E-state index contributed by atoms with van der Waals surface area (Å²) in [7, 11) is 0. The van der Waals surface area contributed by atoms with Gasteiger partial charge in [-0.3, -0.25) is 0 Å². The van der Waals surface area contributed by atoms with E-state index in [0.29, 0.717) is 32.3 Å². The second-order valence-corrected chi connectivity index (χ2v) is 7.68. The molecular weight excluding hydrogens is 456 g/mol. The first-order valence-electron chi connectivity index (χ1n) is 9.08. The van der Waals surface area contributed by atoms with Gasteiger partial charge in [-0.2, -0.15) is 0 Å². The van der Waals surface area contributed by atoms with Crippen LogP contribution >= 0.6 is 15.9 Å². The van der Waals surface area contributed by atoms with E-state index in [0.717, 1.165) is 0 Å². The van der Waals surface area contributed by atoms with E-state index < -0.39 is 17.6 Å². The van der Waals surface area contributed by atoms with Gasteiger partial charge in [0.2, 0.25) is 0 Å². The van der Waals surface area contributed by atoms with Crippen molar-refractivity contribution in [3.05, 3.63) is 99.7 Å². The first-order valence-corrected chi connectivity index (χ1v) is 9.88. The number of hydrogen-bond acceptors (Lipinski definition) is 2. The highest BCUT2D eigenvalue weighted by Crippen LogP contribution is 2.26. The Morgan fingerprint density at radius 3 is 2.63 bits per heavy atom. The van der Waals surface area contributed by atoms with Crippen molar-refractivity contribution in [2.24, 2.45) is 0 Å². The molecule has 0 saturated carbocycles. The minimum absolute atomic E-state index is 0.00661. The number of nitrogens with zero attached hydrogens (tertiary/aromatic N) is 1. The van der Waals surface area contributed by atoms with E-state index in [-0.39, 0.29) is 18.7 Å². The number of ether oxygens (including phenoxy) is 1. The third-order valence-electron chi connectivity index (χ3n) is 4.81. The van der Waals surface area contributed by atoms with Crippen molar-refractivity contribution in [1.29, 1.82) is 0 Å². The van der Waals surface area contributed by atoms with Crippen LogP contribution in [0.5, 0.6) is 5.75 Å². The largest absolute Gasteiger partial charge is 0.488 e. The number of rotatable bonds is 6. The Hall–Kier alpha value is -3.19. The lowest BCUT2D eigenvalue weighted by Crippen LogP contribution is -2.05. The highest BCUT2D eigenvalue weighted by atomic mass is 79.9. The minimum Gasteiger partial charge on any atom is -0.488 e. The third kappa shape index (κ3) is 4.07. The van der Waals surface area contributed by atoms with Crippen LogP contribution in [0, 0.1) is 11.6 Å². The first-order chi connectivity index (χ1) is 14.4. The highest BCUT2D eigenvalue weighted by Gasteiger charge is 2.13. The molecule has 7 heteroatoms. The summed E-state index contributed by atoms with van der Waals surface area (Å²) in [6, 6.07) is 15.6. The molecule has 4 rings (SSSR count). The van der Waals surface area contributed by atoms with Gasteiger partial charge < -0.3 is 14.4 Å². The van der Waals surface area contributed by atoms with Crippen LogP contribution in [0.15, 0.2) is 71.3 Å². The van der Waals surface area contributed by atoms with Crippen LogP contribution < -0.4 is 4.74 Å². The average molecular weight is 472 g/mol. The van der Waals surface area contributed by atoms with Crippen molar-refractivity contribution < 1.29 is 23.4 Å². The smallest absolute Gasteiger partial charge is 0.336 e. The fraction of sp³-hybridized carbons (Fsp3) is 0.0870. The number of aromatic nitrogens is 1. The van der Waals surface area contributed by atoms with E-state index >= 15 is 0 Å². The predicted octanol–water partition coefficient (Wildman–Crippen LogP) is 6.01. The predicted molar refractivity (Wildman–Crippen MR) is 113 cm³/mol. The maximum Gasteiger partial charge on any atom is 0.336 e. The van der Waals surface area contributed by atoms with Crippen molar-refractivity contribution >= 4 is 32.8 Å². The minimum atomic E-state index is -1.01. The summed E-state index contributed by atoms with van der Waals surface area (Å²) in [4.78, 5) is 11.4. The molecule has 0 saturated heterocycles. The van der Waals surface area contributed by atoms with Gasteiger partial charge in [0, 0.05) is 32.7 Å². The Morgan fingerprint density at radius 2 is 1.87 bits per heavy atom. The molecule has 4 nitrogen and oxygen atoms in total. The van der Waals surface area contributed by atoms with Gasteiger partial charge in [0.1, 0.15) is 24.0 Å². The summed E-state index contributed by atoms with van der Waals surface area (Å²) < 4.78 is 36.2. The molecule has 3 aromatic carbocycles. The average Bonchev–Trinajstić information content (AvgIpc) is 3.11. The molecule has 0 aliphatic rings. The van der Waals surface area contributed by atoms with Crippen LogP contribution in [0.2, 0.25) is 0 Å². The third-order valence-corrected chi connectivity index (χ3v) is 5.30. The van der Waals surface area contributed by atoms with E-state index in [1.807, 2.05) is 4.57 Å². The number of carboxylic acid groups (broad SMARTS) is 1. The summed E-state index contributed by atoms with van der Waals surface area (Å²) in [5, 5.41) is 9.97. The van der Waals surface area contributed by atoms with Gasteiger partial charge in [0.25, 0.3) is 0 Å². The molecule has 0 aliphatic carbocycles. The molecule has 1 heterocycles. The van der Waals surface area contributed by atoms with Crippen LogP contribution in [0.4, 0.5) is 8.78 Å². The van der Waals surface area contributed by atoms with Crippen molar-refractivity contribution in [1.82, 2.24) is 4.57 Å². The molecule has 0 radical (unpaired) electrons. The Kier molecular flexibility index (Phi) is 5.55. The van der Waals surface area contributed by atoms with Crippen LogP contribution in [-0.2, 0) is 13.2 Å². The van der Waals surface area contributed by atoms with E-state index in [1.54, 1.807) is 42.6 Å². The van der Waals surface area contributed by atoms with Gasteiger partial charge in [-0.05, 0) is 48.5 Å². The molecular formula is C23H16BrF2NO3. The second-order valence-electron chi connectivity index (χ2n) is 6.76. The number of carboxylic acids is 1. The number of benzene rings is 3. The molecule has 0 spiro atoms. The number of aromatic carboxylic acids is 1. The van der Waals surface area contributed by atoms with Crippen molar-refractivity contribution in [3.63, 3.8) is 0 Å². The maximum atomic E-state index is 14.1. The summed E-state index contributed by atoms with van der Waals surface area (Å²) in [6.45, 7) is 0.260. The molecule has 0 aliphatic heterocycles. The maximum absolute atomic E-state index is 14.1. The topological polar surface area (TPSA) is 51.5 Å². The molecule has 0 bridgehead atoms. The van der Waals surface area contributed by atoms with Crippen LogP contribution in [0.25, 0.3) is 10.9 Å². The van der Waals surface area contributed by atoms with Gasteiger partial charge in [-0.15, -0.1) is 0 Å². The fourth-order valence-corrected chi connectivity index (χ4v) is 3.67. The summed E-state index contributed by atoms with van der Waals surface area (Å²) in [5.41, 5.74) is 1.86. The molecule has 0 fully saturated rings. The molecule has 1 aromatic heterocycles. The summed E-state index contributed by atoms with van der Waals surface area (Å²) in [6.07, 6.45) is 1.75. The van der Waals surface area contributed by atoms with Gasteiger partial charge in [-0.1, -0.05) is 28.1 Å². The van der Waals surface area contributed by atoms with E-state index in [9.17, 15) is 18.7 Å². The van der Waals surface area contributed by atoms with E-state index in [2.05, 4.69) is 15.9 Å². The van der Waals surface area contributed by atoms with Crippen molar-refractivity contribution in [3.8, 4) is 5.75 Å². The van der Waals surface area contributed by atoms with Gasteiger partial charge >= 0.3 is 5.97 Å². The molecule has 4 aromatic rings. The molecule has 0 unspecified atom stereocenters. The van der Waals surface area contributed by atoms with Gasteiger partial charge in [0.05, 0.1) is 12.1 Å². The summed E-state index contributed by atoms with van der Waals surface area (Å²) in [5.74, 6) is -1.40. The lowest BCUT2D eigenvalue weighted by atomic mass is 10.1. The van der Waals surface area contributed by atoms with E-state index in [4.69, 9.17) is 4.74 Å². The standard InChI is InChI=1S/C23H16BrF2NO3/c24-16-5-4-14(20(26)11-16)13-30-22-7-6-17(25)10-15(22)12-27-9-8-18-19(23(28)29)2-1-3-21(18)27/h1-11H,12-13H2,(H,28,29). The van der Waals surface area contributed by atoms with Gasteiger partial charge in [-0.25, -0.2) is 13.6 Å². The van der Waals surface area contributed by atoms with Crippen LogP contribution in [-0.4, -0.2) is 15.6 Å². The second kappa shape index (κ2) is 8.28. The molecule has 0 atom stereocenters. The molecule has 152 valence electrons. The Balaban J connectivity index is 1.64. The molecule has 1 N–H and O–H groups in total. The zero-order valence-corrected chi connectivity index (χ0v) is 17.2. The highest BCUT2D eigenvalue weighted by molar-refractivity contribution is 9.10. The first kappa shape index (κ1) is 20.1. The van der Waals surface area contributed by atoms with Gasteiger partial charge in [0.15, 0.2) is 0 Å². The number of fused-ring (bicyclic) bond motifs is 1. The Morgan fingerprint density at radius 1 is 1.03 bits per heavy atom. The lowest BCUT2D eigenvalue weighted by Gasteiger charge is -2.14. The lowest BCUT2D eigenvalue weighted by molar-refractivity contribution is 0.0699. The number of halogens is 3. The molecule has 30 heavy (non-hydrogen) atoms. The SMILES string of the molecule is O=C(O)c1cccc2c1ccn2Cc1cc(F)ccc1OCc1ccc(Br)cc1F. The van der Waals surface area contributed by atoms with Crippen molar-refractivity contribution in [2.75, 3.05) is 0 Å². The zero-order valence-electron chi connectivity index (χ0n) is 15.6. The number of carbonyl (C=O) groups is 1. The van der Waals surface area contributed by atoms with Crippen LogP contribution in [0.1, 0.15) is 21.5 Å². The Bertz CT molecular complexity index is 1250. The normalized spacial score (nSPS) is 11.0. The Labute approximate surface area is 179 Å². The zero-order chi connectivity index (χ0) is 21.3. The fourth-order valence-electron chi connectivity index (χ4n) is 3.34. The quantitative estimate of drug-likeness (QED) is 0.374. The van der Waals surface area contributed by atoms with Crippen molar-refractivity contribution in [2.45, 2.75) is 13.2 Å². The summed E-state index contributed by atoms with van der Waals surface area (Å²) >= 11 is 3.22. The number of hydrogen-bond donors (Lipinski definition) is 1. The van der Waals surface area contributed by atoms with Crippen LogP contribution in [0.3, 0.4) is 0 Å². The monoisotopic (exact) mass is 471 g/mol. The van der Waals surface area contributed by atoms with E-state index in [1.165, 1.54) is 24.3 Å². The molecule has 0 amide bonds.